The van der Waals surface area contributed by atoms with Crippen LogP contribution in [-0.2, 0) is 10.8 Å². The minimum absolute atomic E-state index is 0.135. The molecule has 0 aliphatic heterocycles. The lowest BCUT2D eigenvalue weighted by molar-refractivity contribution is 0.0697. The molecule has 0 heterocycles. The Balaban J connectivity index is 2.09. The van der Waals surface area contributed by atoms with Crippen molar-refractivity contribution >= 4 is 23.1 Å². The van der Waals surface area contributed by atoms with Gasteiger partial charge in [-0.15, -0.1) is 0 Å². The molecule has 0 radical (unpaired) electrons. The number of carboxylic acid groups (broad SMARTS) is 1. The van der Waals surface area contributed by atoms with Crippen LogP contribution in [0.3, 0.4) is 0 Å². The third kappa shape index (κ3) is 3.21. The average molecular weight is 367 g/mol. The molecule has 0 unspecified atom stereocenters. The predicted molar refractivity (Wildman–Crippen MR) is 111 cm³/mol. The first kappa shape index (κ1) is 18.8. The zero-order valence-electron chi connectivity index (χ0n) is 16.1. The Kier molecular flexibility index (Phi) is 4.56. The summed E-state index contributed by atoms with van der Waals surface area (Å²) in [5, 5.41) is 9.08. The van der Waals surface area contributed by atoms with Gasteiger partial charge in [0.15, 0.2) is 0 Å². The van der Waals surface area contributed by atoms with E-state index in [0.717, 1.165) is 22.4 Å². The summed E-state index contributed by atoms with van der Waals surface area (Å²) in [6.07, 6.45) is 2.35. The number of hydrogen-bond donors (Lipinski definition) is 1. The van der Waals surface area contributed by atoms with E-state index in [0.29, 0.717) is 0 Å². The van der Waals surface area contributed by atoms with Crippen molar-refractivity contribution in [3.63, 3.8) is 0 Å². The number of benzene rings is 2. The van der Waals surface area contributed by atoms with Crippen LogP contribution in [0.5, 0.6) is 0 Å². The van der Waals surface area contributed by atoms with Crippen LogP contribution in [0.15, 0.2) is 36.4 Å². The third-order valence-corrected chi connectivity index (χ3v) is 6.29. The number of thiocarbonyl (C=S) groups is 1. The Bertz CT molecular complexity index is 889. The minimum atomic E-state index is -0.920. The monoisotopic (exact) mass is 366 g/mol. The summed E-state index contributed by atoms with van der Waals surface area (Å²) in [6, 6.07) is 11.4. The summed E-state index contributed by atoms with van der Waals surface area (Å²) < 4.78 is 0. The third-order valence-electron chi connectivity index (χ3n) is 5.84. The molecule has 0 fully saturated rings. The molecule has 1 aliphatic carbocycles. The van der Waals surface area contributed by atoms with Gasteiger partial charge in [0, 0.05) is 0 Å². The quantitative estimate of drug-likeness (QED) is 0.550. The van der Waals surface area contributed by atoms with E-state index in [-0.39, 0.29) is 16.4 Å². The summed E-state index contributed by atoms with van der Waals surface area (Å²) in [5.74, 6) is -0.920. The van der Waals surface area contributed by atoms with Gasteiger partial charge in [0.1, 0.15) is 0 Å². The largest absolute Gasteiger partial charge is 0.478 e. The van der Waals surface area contributed by atoms with Gasteiger partial charge in [-0.3, -0.25) is 0 Å². The normalized spacial score (nSPS) is 17.4. The maximum atomic E-state index is 11.1. The molecule has 2 aromatic carbocycles. The van der Waals surface area contributed by atoms with Gasteiger partial charge < -0.3 is 5.11 Å². The molecular weight excluding hydrogens is 340 g/mol. The summed E-state index contributed by atoms with van der Waals surface area (Å²) in [7, 11) is 0. The molecule has 0 amide bonds. The molecule has 26 heavy (non-hydrogen) atoms. The number of carbonyl (C=O) groups is 1. The molecule has 3 heteroatoms. The molecule has 136 valence electrons. The van der Waals surface area contributed by atoms with E-state index in [1.54, 1.807) is 24.3 Å². The van der Waals surface area contributed by atoms with E-state index in [9.17, 15) is 4.79 Å². The SMILES string of the molecule is Cc1cc2c(cc1C(=S)c1ccc(C(=O)O)cc1)C(C)(C)CCC2(C)C. The van der Waals surface area contributed by atoms with E-state index < -0.39 is 5.97 Å². The van der Waals surface area contributed by atoms with E-state index in [2.05, 4.69) is 46.8 Å². The number of rotatable bonds is 3. The number of hydrogen-bond acceptors (Lipinski definition) is 2. The molecule has 2 nitrogen and oxygen atoms in total. The van der Waals surface area contributed by atoms with Crippen LogP contribution < -0.4 is 0 Å². The number of carboxylic acids is 1. The molecular formula is C23H26O2S. The Morgan fingerprint density at radius 3 is 1.88 bits per heavy atom. The van der Waals surface area contributed by atoms with Crippen molar-refractivity contribution in [2.45, 2.75) is 58.3 Å². The summed E-state index contributed by atoms with van der Waals surface area (Å²) in [5.41, 5.74) is 6.56. The Morgan fingerprint density at radius 2 is 1.38 bits per heavy atom. The predicted octanol–water partition coefficient (Wildman–Crippen LogP) is 5.81. The topological polar surface area (TPSA) is 37.3 Å². The summed E-state index contributed by atoms with van der Waals surface area (Å²) in [4.78, 5) is 11.8. The first-order valence-corrected chi connectivity index (χ1v) is 9.47. The molecule has 0 bridgehead atoms. The van der Waals surface area contributed by atoms with Crippen molar-refractivity contribution in [3.05, 3.63) is 69.8 Å². The lowest BCUT2D eigenvalue weighted by Crippen LogP contribution is -2.34. The van der Waals surface area contributed by atoms with Gasteiger partial charge in [-0.25, -0.2) is 4.79 Å². The Labute approximate surface area is 161 Å². The first-order chi connectivity index (χ1) is 12.0. The van der Waals surface area contributed by atoms with Crippen LogP contribution in [0.2, 0.25) is 0 Å². The van der Waals surface area contributed by atoms with Crippen molar-refractivity contribution in [2.75, 3.05) is 0 Å². The molecule has 0 saturated heterocycles. The molecule has 0 spiro atoms. The maximum absolute atomic E-state index is 11.1. The highest BCUT2D eigenvalue weighted by atomic mass is 32.1. The van der Waals surface area contributed by atoms with Crippen molar-refractivity contribution in [2.24, 2.45) is 0 Å². The fourth-order valence-electron chi connectivity index (χ4n) is 3.89. The molecule has 0 aromatic heterocycles. The van der Waals surface area contributed by atoms with Crippen molar-refractivity contribution < 1.29 is 9.90 Å². The van der Waals surface area contributed by atoms with Crippen LogP contribution in [0.1, 0.15) is 78.7 Å². The molecule has 2 aromatic rings. The van der Waals surface area contributed by atoms with Gasteiger partial charge >= 0.3 is 5.97 Å². The van der Waals surface area contributed by atoms with Crippen LogP contribution in [-0.4, -0.2) is 15.9 Å². The first-order valence-electron chi connectivity index (χ1n) is 9.07. The summed E-state index contributed by atoms with van der Waals surface area (Å²) in [6.45, 7) is 11.4. The fourth-order valence-corrected chi connectivity index (χ4v) is 4.24. The van der Waals surface area contributed by atoms with Crippen molar-refractivity contribution in [1.29, 1.82) is 0 Å². The van der Waals surface area contributed by atoms with Crippen molar-refractivity contribution in [1.82, 2.24) is 0 Å². The van der Waals surface area contributed by atoms with Gasteiger partial charge in [0.2, 0.25) is 0 Å². The highest BCUT2D eigenvalue weighted by Crippen LogP contribution is 2.46. The zero-order chi connectivity index (χ0) is 19.3. The van der Waals surface area contributed by atoms with Crippen LogP contribution in [0.4, 0.5) is 0 Å². The average Bonchev–Trinajstić information content (AvgIpc) is 2.58. The highest BCUT2D eigenvalue weighted by molar-refractivity contribution is 7.81. The minimum Gasteiger partial charge on any atom is -0.478 e. The van der Waals surface area contributed by atoms with E-state index in [1.165, 1.54) is 23.1 Å². The van der Waals surface area contributed by atoms with E-state index in [1.807, 2.05) is 0 Å². The molecule has 3 rings (SSSR count). The molecule has 0 saturated carbocycles. The van der Waals surface area contributed by atoms with Gasteiger partial charge in [0.25, 0.3) is 0 Å². The lowest BCUT2D eigenvalue weighted by Gasteiger charge is -2.42. The van der Waals surface area contributed by atoms with Crippen LogP contribution >= 0.6 is 12.2 Å². The Hall–Kier alpha value is -2.00. The van der Waals surface area contributed by atoms with Gasteiger partial charge in [-0.05, 0) is 76.6 Å². The van der Waals surface area contributed by atoms with Crippen LogP contribution in [0, 0.1) is 6.92 Å². The summed E-state index contributed by atoms with van der Waals surface area (Å²) >= 11 is 5.77. The number of aromatic carboxylic acids is 1. The molecule has 0 atom stereocenters. The Morgan fingerprint density at radius 1 is 0.923 bits per heavy atom. The van der Waals surface area contributed by atoms with Crippen LogP contribution in [0.25, 0.3) is 0 Å². The maximum Gasteiger partial charge on any atom is 0.335 e. The van der Waals surface area contributed by atoms with E-state index in [4.69, 9.17) is 17.3 Å². The molecule has 1 aliphatic rings. The second-order valence-electron chi connectivity index (χ2n) is 8.69. The lowest BCUT2D eigenvalue weighted by atomic mass is 9.62. The van der Waals surface area contributed by atoms with Crippen molar-refractivity contribution in [3.8, 4) is 0 Å². The van der Waals surface area contributed by atoms with Gasteiger partial charge in [-0.1, -0.05) is 58.1 Å². The smallest absolute Gasteiger partial charge is 0.335 e. The fraction of sp³-hybridized carbons (Fsp3) is 0.391. The second-order valence-corrected chi connectivity index (χ2v) is 9.10. The van der Waals surface area contributed by atoms with Gasteiger partial charge in [0.05, 0.1) is 10.4 Å². The zero-order valence-corrected chi connectivity index (χ0v) is 17.0. The molecule has 1 N–H and O–H groups in total. The number of fused-ring (bicyclic) bond motifs is 1. The highest BCUT2D eigenvalue weighted by Gasteiger charge is 2.37. The standard InChI is InChI=1S/C23H26O2S/c1-14-12-18-19(23(4,5)11-10-22(18,2)3)13-17(14)20(26)15-6-8-16(9-7-15)21(24)25/h6-9,12-13H,10-11H2,1-5H3,(H,24,25). The second kappa shape index (κ2) is 6.31. The van der Waals surface area contributed by atoms with Gasteiger partial charge in [-0.2, -0.15) is 0 Å². The number of aryl methyl sites for hydroxylation is 1. The van der Waals surface area contributed by atoms with E-state index >= 15 is 0 Å².